The molecule has 1 aromatic rings. The molecule has 90 valence electrons. The van der Waals surface area contributed by atoms with Crippen LogP contribution in [0.4, 0.5) is 0 Å². The molecule has 1 aromatic carbocycles. The fraction of sp³-hybridized carbons (Fsp3) is 0.438. The van der Waals surface area contributed by atoms with Gasteiger partial charge in [0.25, 0.3) is 0 Å². The lowest BCUT2D eigenvalue weighted by Crippen LogP contribution is -2.27. The Morgan fingerprint density at radius 2 is 2.18 bits per heavy atom. The highest BCUT2D eigenvalue weighted by Gasteiger charge is 2.29. The zero-order valence-electron chi connectivity index (χ0n) is 10.6. The minimum Gasteiger partial charge on any atom is -0.294 e. The summed E-state index contributed by atoms with van der Waals surface area (Å²) in [6.07, 6.45) is 7.43. The van der Waals surface area contributed by atoms with Gasteiger partial charge in [0.05, 0.1) is 0 Å². The number of aryl methyl sites for hydroxylation is 1. The normalized spacial score (nSPS) is 21.5. The van der Waals surface area contributed by atoms with Crippen LogP contribution in [0.5, 0.6) is 0 Å². The van der Waals surface area contributed by atoms with Gasteiger partial charge in [-0.05, 0) is 30.7 Å². The van der Waals surface area contributed by atoms with E-state index in [2.05, 4.69) is 32.1 Å². The average molecular weight is 228 g/mol. The summed E-state index contributed by atoms with van der Waals surface area (Å²) in [6.45, 7) is 4.28. The van der Waals surface area contributed by atoms with Crippen molar-refractivity contribution < 1.29 is 4.79 Å². The van der Waals surface area contributed by atoms with Crippen molar-refractivity contribution in [1.82, 2.24) is 0 Å². The van der Waals surface area contributed by atoms with E-state index < -0.39 is 0 Å². The average Bonchev–Trinajstić information content (AvgIpc) is 2.37. The van der Waals surface area contributed by atoms with Crippen molar-refractivity contribution in [2.45, 2.75) is 33.1 Å². The van der Waals surface area contributed by atoms with Crippen LogP contribution in [0.25, 0.3) is 0 Å². The highest BCUT2D eigenvalue weighted by molar-refractivity contribution is 6.00. The first-order valence-electron chi connectivity index (χ1n) is 6.52. The second kappa shape index (κ2) is 5.31. The molecule has 0 saturated carbocycles. The summed E-state index contributed by atoms with van der Waals surface area (Å²) in [5, 5.41) is 0. The predicted molar refractivity (Wildman–Crippen MR) is 71.2 cm³/mol. The third-order valence-electron chi connectivity index (χ3n) is 3.65. The van der Waals surface area contributed by atoms with E-state index in [0.29, 0.717) is 11.7 Å². The summed E-state index contributed by atoms with van der Waals surface area (Å²) < 4.78 is 0. The van der Waals surface area contributed by atoms with Crippen LogP contribution in [0.15, 0.2) is 36.4 Å². The quantitative estimate of drug-likeness (QED) is 0.714. The van der Waals surface area contributed by atoms with Gasteiger partial charge in [-0.15, -0.1) is 0 Å². The monoisotopic (exact) mass is 228 g/mol. The minimum absolute atomic E-state index is 0.174. The van der Waals surface area contributed by atoms with Crippen molar-refractivity contribution >= 4 is 5.78 Å². The Bertz CT molecular complexity index is 431. The van der Waals surface area contributed by atoms with Crippen LogP contribution in [0.1, 0.15) is 42.6 Å². The maximum Gasteiger partial charge on any atom is 0.166 e. The molecule has 0 bridgehead atoms. The molecule has 0 saturated heterocycles. The topological polar surface area (TPSA) is 17.1 Å². The van der Waals surface area contributed by atoms with Crippen molar-refractivity contribution in [1.29, 1.82) is 0 Å². The summed E-state index contributed by atoms with van der Waals surface area (Å²) in [5.74, 6) is 0.864. The van der Waals surface area contributed by atoms with Crippen molar-refractivity contribution in [3.05, 3.63) is 47.5 Å². The molecule has 0 radical (unpaired) electrons. The zero-order valence-corrected chi connectivity index (χ0v) is 10.6. The Morgan fingerprint density at radius 3 is 2.94 bits per heavy atom. The fourth-order valence-corrected chi connectivity index (χ4v) is 2.61. The SMILES string of the molecule is CC/C=C/[C@H](C)[C@@H]1CCc2ccccc2C1=O. The molecule has 2 rings (SSSR count). The van der Waals surface area contributed by atoms with Gasteiger partial charge in [0.2, 0.25) is 0 Å². The number of Topliss-reactive ketones (excluding diaryl/α,β-unsaturated/α-hetero) is 1. The molecule has 1 aliphatic carbocycles. The minimum atomic E-state index is 0.174. The number of carbonyl (C=O) groups excluding carboxylic acids is 1. The van der Waals surface area contributed by atoms with E-state index in [0.717, 1.165) is 24.8 Å². The van der Waals surface area contributed by atoms with Gasteiger partial charge in [0.15, 0.2) is 5.78 Å². The van der Waals surface area contributed by atoms with E-state index in [1.165, 1.54) is 5.56 Å². The van der Waals surface area contributed by atoms with E-state index in [1.807, 2.05) is 18.2 Å². The lowest BCUT2D eigenvalue weighted by atomic mass is 9.76. The summed E-state index contributed by atoms with van der Waals surface area (Å²) in [4.78, 5) is 12.4. The van der Waals surface area contributed by atoms with E-state index in [-0.39, 0.29) is 5.92 Å². The molecule has 1 heteroatoms. The third kappa shape index (κ3) is 2.49. The summed E-state index contributed by atoms with van der Waals surface area (Å²) in [7, 11) is 0. The maximum atomic E-state index is 12.4. The molecular formula is C16H20O. The van der Waals surface area contributed by atoms with Crippen LogP contribution in [0, 0.1) is 11.8 Å². The first-order valence-corrected chi connectivity index (χ1v) is 6.52. The second-order valence-electron chi connectivity index (χ2n) is 4.86. The van der Waals surface area contributed by atoms with Crippen LogP contribution in [0.2, 0.25) is 0 Å². The Hall–Kier alpha value is -1.37. The third-order valence-corrected chi connectivity index (χ3v) is 3.65. The number of allylic oxidation sites excluding steroid dienone is 2. The smallest absolute Gasteiger partial charge is 0.166 e. The number of hydrogen-bond acceptors (Lipinski definition) is 1. The van der Waals surface area contributed by atoms with Gasteiger partial charge in [-0.3, -0.25) is 4.79 Å². The van der Waals surface area contributed by atoms with E-state index in [4.69, 9.17) is 0 Å². The van der Waals surface area contributed by atoms with Crippen molar-refractivity contribution in [3.63, 3.8) is 0 Å². The fourth-order valence-electron chi connectivity index (χ4n) is 2.61. The molecule has 17 heavy (non-hydrogen) atoms. The molecule has 0 aliphatic heterocycles. The van der Waals surface area contributed by atoms with Crippen LogP contribution >= 0.6 is 0 Å². The van der Waals surface area contributed by atoms with E-state index in [9.17, 15) is 4.79 Å². The highest BCUT2D eigenvalue weighted by Crippen LogP contribution is 2.30. The molecule has 0 N–H and O–H groups in total. The molecule has 0 fully saturated rings. The number of hydrogen-bond donors (Lipinski definition) is 0. The van der Waals surface area contributed by atoms with Crippen molar-refractivity contribution in [2.75, 3.05) is 0 Å². The van der Waals surface area contributed by atoms with Crippen molar-refractivity contribution in [2.24, 2.45) is 11.8 Å². The molecule has 0 aromatic heterocycles. The van der Waals surface area contributed by atoms with E-state index in [1.54, 1.807) is 0 Å². The molecule has 2 atom stereocenters. The number of rotatable bonds is 3. The summed E-state index contributed by atoms with van der Waals surface area (Å²) in [6, 6.07) is 8.04. The number of carbonyl (C=O) groups is 1. The van der Waals surface area contributed by atoms with Crippen LogP contribution < -0.4 is 0 Å². The van der Waals surface area contributed by atoms with Gasteiger partial charge < -0.3 is 0 Å². The molecule has 0 amide bonds. The summed E-state index contributed by atoms with van der Waals surface area (Å²) in [5.41, 5.74) is 2.17. The standard InChI is InChI=1S/C16H20O/c1-3-4-7-12(2)14-11-10-13-8-5-6-9-15(13)16(14)17/h4-9,12,14H,3,10-11H2,1-2H3/b7-4+/t12-,14-/m0/s1. The number of fused-ring (bicyclic) bond motifs is 1. The largest absolute Gasteiger partial charge is 0.294 e. The lowest BCUT2D eigenvalue weighted by molar-refractivity contribution is 0.0874. The zero-order chi connectivity index (χ0) is 12.3. The maximum absolute atomic E-state index is 12.4. The van der Waals surface area contributed by atoms with Gasteiger partial charge in [-0.2, -0.15) is 0 Å². The van der Waals surface area contributed by atoms with Gasteiger partial charge in [0, 0.05) is 11.5 Å². The Kier molecular flexibility index (Phi) is 3.78. The van der Waals surface area contributed by atoms with Crippen LogP contribution in [-0.4, -0.2) is 5.78 Å². The van der Waals surface area contributed by atoms with Gasteiger partial charge in [-0.1, -0.05) is 50.3 Å². The van der Waals surface area contributed by atoms with Gasteiger partial charge in [0.1, 0.15) is 0 Å². The van der Waals surface area contributed by atoms with Crippen LogP contribution in [-0.2, 0) is 6.42 Å². The van der Waals surface area contributed by atoms with Crippen LogP contribution in [0.3, 0.4) is 0 Å². The molecular weight excluding hydrogens is 208 g/mol. The van der Waals surface area contributed by atoms with E-state index >= 15 is 0 Å². The van der Waals surface area contributed by atoms with Gasteiger partial charge in [-0.25, -0.2) is 0 Å². The molecule has 0 heterocycles. The first kappa shape index (κ1) is 12.1. The number of benzene rings is 1. The predicted octanol–water partition coefficient (Wildman–Crippen LogP) is 4.03. The lowest BCUT2D eigenvalue weighted by Gasteiger charge is -2.26. The Labute approximate surface area is 104 Å². The second-order valence-corrected chi connectivity index (χ2v) is 4.86. The Balaban J connectivity index is 2.20. The highest BCUT2D eigenvalue weighted by atomic mass is 16.1. The molecule has 0 spiro atoms. The molecule has 1 aliphatic rings. The number of ketones is 1. The van der Waals surface area contributed by atoms with Gasteiger partial charge >= 0.3 is 0 Å². The first-order chi connectivity index (χ1) is 8.24. The van der Waals surface area contributed by atoms with Crippen molar-refractivity contribution in [3.8, 4) is 0 Å². The molecule has 1 nitrogen and oxygen atoms in total. The molecule has 0 unspecified atom stereocenters. The Morgan fingerprint density at radius 1 is 1.41 bits per heavy atom. The summed E-state index contributed by atoms with van der Waals surface area (Å²) >= 11 is 0.